The predicted octanol–water partition coefficient (Wildman–Crippen LogP) is 6.77. The Labute approximate surface area is 206 Å². The average Bonchev–Trinajstić information content (AvgIpc) is 3.38. The maximum absolute atomic E-state index is 13.3. The molecule has 1 amide bonds. The number of hydrogen-bond donors (Lipinski definition) is 2. The number of nitrogen functional groups attached to an aromatic ring is 1. The summed E-state index contributed by atoms with van der Waals surface area (Å²) in [7, 11) is 0. The van der Waals surface area contributed by atoms with Crippen LogP contribution in [0.2, 0.25) is 0 Å². The Kier molecular flexibility index (Phi) is 7.29. The Balaban J connectivity index is 1.67. The first kappa shape index (κ1) is 23.9. The van der Waals surface area contributed by atoms with Crippen molar-refractivity contribution >= 4 is 55.5 Å². The monoisotopic (exact) mass is 493 g/mol. The van der Waals surface area contributed by atoms with Crippen LogP contribution in [-0.2, 0) is 11.2 Å². The van der Waals surface area contributed by atoms with Crippen LogP contribution in [0.3, 0.4) is 0 Å². The van der Waals surface area contributed by atoms with Crippen LogP contribution in [0.1, 0.15) is 59.3 Å². The van der Waals surface area contributed by atoms with Crippen molar-refractivity contribution in [1.82, 2.24) is 4.98 Å². The zero-order valence-electron chi connectivity index (χ0n) is 19.4. The number of fused-ring (bicyclic) bond motifs is 1. The van der Waals surface area contributed by atoms with Crippen molar-refractivity contribution < 1.29 is 14.3 Å². The summed E-state index contributed by atoms with van der Waals surface area (Å²) >= 11 is 2.56. The number of carbonyl (C=O) groups excluding carboxylic acids is 2. The Morgan fingerprint density at radius 2 is 1.91 bits per heavy atom. The molecule has 3 N–H and O–H groups in total. The van der Waals surface area contributed by atoms with E-state index in [0.717, 1.165) is 46.3 Å². The molecule has 0 unspecified atom stereocenters. The molecule has 0 aliphatic heterocycles. The van der Waals surface area contributed by atoms with Crippen LogP contribution in [-0.4, -0.2) is 23.0 Å². The summed E-state index contributed by atoms with van der Waals surface area (Å²) in [6.07, 6.45) is 2.76. The maximum atomic E-state index is 13.3. The van der Waals surface area contributed by atoms with Crippen molar-refractivity contribution in [3.63, 3.8) is 0 Å². The number of anilines is 2. The van der Waals surface area contributed by atoms with Crippen LogP contribution >= 0.6 is 22.7 Å². The molecule has 4 rings (SSSR count). The Morgan fingerprint density at radius 1 is 1.15 bits per heavy atom. The van der Waals surface area contributed by atoms with Crippen LogP contribution < -0.4 is 11.1 Å². The second kappa shape index (κ2) is 10.4. The number of esters is 1. The first-order valence-corrected chi connectivity index (χ1v) is 13.0. The molecule has 0 fully saturated rings. The highest BCUT2D eigenvalue weighted by Crippen LogP contribution is 2.38. The number of ether oxygens (including phenoxy) is 1. The number of aryl methyl sites for hydroxylation is 1. The summed E-state index contributed by atoms with van der Waals surface area (Å²) < 4.78 is 5.49. The van der Waals surface area contributed by atoms with Crippen molar-refractivity contribution in [1.29, 1.82) is 0 Å². The second-order valence-electron chi connectivity index (χ2n) is 8.23. The molecule has 8 heteroatoms. The molecule has 0 aliphatic rings. The van der Waals surface area contributed by atoms with Crippen LogP contribution in [0.15, 0.2) is 47.8 Å². The Bertz CT molecular complexity index is 1330. The van der Waals surface area contributed by atoms with Gasteiger partial charge in [-0.1, -0.05) is 43.7 Å². The van der Waals surface area contributed by atoms with Gasteiger partial charge in [0.2, 0.25) is 0 Å². The van der Waals surface area contributed by atoms with Crippen LogP contribution in [0.4, 0.5) is 10.7 Å². The normalized spacial score (nSPS) is 11.2. The molecule has 3 aromatic heterocycles. The number of hydrogen-bond acceptors (Lipinski definition) is 7. The van der Waals surface area contributed by atoms with Crippen molar-refractivity contribution in [2.45, 2.75) is 46.1 Å². The van der Waals surface area contributed by atoms with Gasteiger partial charge < -0.3 is 15.8 Å². The van der Waals surface area contributed by atoms with E-state index in [4.69, 9.17) is 15.5 Å². The van der Waals surface area contributed by atoms with E-state index < -0.39 is 5.97 Å². The first-order valence-electron chi connectivity index (χ1n) is 11.3. The standard InChI is InChI=1S/C26H27N3O3S2/c1-4-5-11-17-12-13-18-21(27)22(34-24(18)28-17)23(30)29-25-20(26(31)32-15(2)3)19(14-33-25)16-9-7-6-8-10-16/h6-10,12-15H,4-5,11,27H2,1-3H3,(H,29,30). The van der Waals surface area contributed by atoms with Gasteiger partial charge >= 0.3 is 5.97 Å². The number of amides is 1. The van der Waals surface area contributed by atoms with Gasteiger partial charge in [0.05, 0.1) is 11.8 Å². The Morgan fingerprint density at radius 3 is 2.62 bits per heavy atom. The molecule has 0 aliphatic carbocycles. The van der Waals surface area contributed by atoms with E-state index in [0.29, 0.717) is 21.1 Å². The minimum Gasteiger partial charge on any atom is -0.459 e. The van der Waals surface area contributed by atoms with E-state index in [9.17, 15) is 9.59 Å². The number of benzene rings is 1. The molecule has 0 atom stereocenters. The third-order valence-corrected chi connectivity index (χ3v) is 7.30. The smallest absolute Gasteiger partial charge is 0.342 e. The van der Waals surface area contributed by atoms with Gasteiger partial charge in [-0.2, -0.15) is 0 Å². The number of carbonyl (C=O) groups is 2. The van der Waals surface area contributed by atoms with Crippen molar-refractivity contribution in [3.05, 3.63) is 64.0 Å². The molecule has 1 aromatic carbocycles. The maximum Gasteiger partial charge on any atom is 0.342 e. The van der Waals surface area contributed by atoms with E-state index in [-0.39, 0.29) is 12.0 Å². The number of thiophene rings is 2. The fourth-order valence-corrected chi connectivity index (χ4v) is 5.58. The minimum absolute atomic E-state index is 0.286. The highest BCUT2D eigenvalue weighted by molar-refractivity contribution is 7.21. The third kappa shape index (κ3) is 4.98. The SMILES string of the molecule is CCCCc1ccc2c(N)c(C(=O)Nc3scc(-c4ccccc4)c3C(=O)OC(C)C)sc2n1. The third-order valence-electron chi connectivity index (χ3n) is 5.29. The summed E-state index contributed by atoms with van der Waals surface area (Å²) in [5.41, 5.74) is 9.66. The fourth-order valence-electron chi connectivity index (χ4n) is 3.62. The molecular formula is C26H27N3O3S2. The number of nitrogens with one attached hydrogen (secondary N) is 1. The van der Waals surface area contributed by atoms with E-state index in [1.54, 1.807) is 13.8 Å². The number of nitrogens with two attached hydrogens (primary N) is 1. The summed E-state index contributed by atoms with van der Waals surface area (Å²) in [6, 6.07) is 13.5. The number of unbranched alkanes of at least 4 members (excludes halogenated alkanes) is 1. The lowest BCUT2D eigenvalue weighted by Gasteiger charge is -2.11. The van der Waals surface area contributed by atoms with Crippen molar-refractivity contribution in [3.8, 4) is 11.1 Å². The lowest BCUT2D eigenvalue weighted by atomic mass is 10.0. The highest BCUT2D eigenvalue weighted by Gasteiger charge is 2.25. The molecule has 0 saturated carbocycles. The van der Waals surface area contributed by atoms with Crippen molar-refractivity contribution in [2.75, 3.05) is 11.1 Å². The largest absolute Gasteiger partial charge is 0.459 e. The number of rotatable bonds is 8. The topological polar surface area (TPSA) is 94.3 Å². The van der Waals surface area contributed by atoms with Gasteiger partial charge in [-0.05, 0) is 44.4 Å². The van der Waals surface area contributed by atoms with Crippen LogP contribution in [0.5, 0.6) is 0 Å². The van der Waals surface area contributed by atoms with Gasteiger partial charge in [-0.25, -0.2) is 9.78 Å². The number of aromatic nitrogens is 1. The predicted molar refractivity (Wildman–Crippen MR) is 141 cm³/mol. The van der Waals surface area contributed by atoms with Gasteiger partial charge in [0, 0.05) is 22.0 Å². The zero-order valence-corrected chi connectivity index (χ0v) is 21.0. The molecule has 0 radical (unpaired) electrons. The zero-order chi connectivity index (χ0) is 24.2. The summed E-state index contributed by atoms with van der Waals surface area (Å²) in [5.74, 6) is -0.840. The molecule has 6 nitrogen and oxygen atoms in total. The molecule has 34 heavy (non-hydrogen) atoms. The van der Waals surface area contributed by atoms with Gasteiger partial charge in [0.1, 0.15) is 20.3 Å². The summed E-state index contributed by atoms with van der Waals surface area (Å²) in [6.45, 7) is 5.73. The van der Waals surface area contributed by atoms with E-state index >= 15 is 0 Å². The molecule has 0 bridgehead atoms. The quantitative estimate of drug-likeness (QED) is 0.264. The average molecular weight is 494 g/mol. The van der Waals surface area contributed by atoms with Gasteiger partial charge in [0.15, 0.2) is 0 Å². The second-order valence-corrected chi connectivity index (χ2v) is 10.1. The van der Waals surface area contributed by atoms with Crippen molar-refractivity contribution in [2.24, 2.45) is 0 Å². The summed E-state index contributed by atoms with van der Waals surface area (Å²) in [5, 5.41) is 5.96. The minimum atomic E-state index is -0.475. The van der Waals surface area contributed by atoms with E-state index in [2.05, 4.69) is 12.2 Å². The lowest BCUT2D eigenvalue weighted by Crippen LogP contribution is -2.16. The summed E-state index contributed by atoms with van der Waals surface area (Å²) in [4.78, 5) is 32.0. The molecule has 0 spiro atoms. The molecule has 4 aromatic rings. The fraction of sp³-hybridized carbons (Fsp3) is 0.269. The number of nitrogens with zero attached hydrogens (tertiary/aromatic N) is 1. The van der Waals surface area contributed by atoms with Gasteiger partial charge in [-0.3, -0.25) is 4.79 Å². The molecule has 3 heterocycles. The van der Waals surface area contributed by atoms with Crippen LogP contribution in [0, 0.1) is 0 Å². The van der Waals surface area contributed by atoms with E-state index in [1.807, 2.05) is 47.8 Å². The molecule has 0 saturated heterocycles. The van der Waals surface area contributed by atoms with Crippen LogP contribution in [0.25, 0.3) is 21.3 Å². The molecular weight excluding hydrogens is 466 g/mol. The Hall–Kier alpha value is -3.23. The van der Waals surface area contributed by atoms with Gasteiger partial charge in [-0.15, -0.1) is 22.7 Å². The van der Waals surface area contributed by atoms with E-state index in [1.165, 1.54) is 22.7 Å². The molecule has 176 valence electrons. The highest BCUT2D eigenvalue weighted by atomic mass is 32.1. The van der Waals surface area contributed by atoms with Gasteiger partial charge in [0.25, 0.3) is 5.91 Å². The number of pyridine rings is 1. The lowest BCUT2D eigenvalue weighted by molar-refractivity contribution is 0.0380. The first-order chi connectivity index (χ1) is 16.4.